The number of anilines is 1. The smallest absolute Gasteiger partial charge is 0.401 e. The predicted molar refractivity (Wildman–Crippen MR) is 116 cm³/mol. The minimum Gasteiger partial charge on any atom is -0.507 e. The molecule has 166 valence electrons. The van der Waals surface area contributed by atoms with E-state index in [1.807, 2.05) is 42.4 Å². The summed E-state index contributed by atoms with van der Waals surface area (Å²) in [6.45, 7) is 0.124. The molecule has 2 N–H and O–H groups in total. The van der Waals surface area contributed by atoms with E-state index >= 15 is 0 Å². The summed E-state index contributed by atoms with van der Waals surface area (Å²) in [5, 5.41) is 18.2. The molecule has 0 radical (unpaired) electrons. The van der Waals surface area contributed by atoms with Gasteiger partial charge in [-0.25, -0.2) is 9.97 Å². The van der Waals surface area contributed by atoms with E-state index < -0.39 is 12.7 Å². The van der Waals surface area contributed by atoms with Crippen LogP contribution in [0.25, 0.3) is 33.2 Å². The second-order valence-electron chi connectivity index (χ2n) is 8.06. The lowest BCUT2D eigenvalue weighted by molar-refractivity contribution is -0.125. The third-order valence-corrected chi connectivity index (χ3v) is 5.64. The number of alkyl halides is 3. The number of aryl methyl sites for hydroxylation is 1. The largest absolute Gasteiger partial charge is 0.507 e. The number of hydrogen-bond donors (Lipinski definition) is 2. The van der Waals surface area contributed by atoms with Gasteiger partial charge in [0.2, 0.25) is 0 Å². The Morgan fingerprint density at radius 1 is 1.09 bits per heavy atom. The average molecular weight is 442 g/mol. The number of phenols is 1. The van der Waals surface area contributed by atoms with Gasteiger partial charge in [0.1, 0.15) is 11.6 Å². The van der Waals surface area contributed by atoms with E-state index in [0.29, 0.717) is 53.1 Å². The lowest BCUT2D eigenvalue weighted by Crippen LogP contribution is -2.38. The van der Waals surface area contributed by atoms with Crippen molar-refractivity contribution >= 4 is 27.8 Å². The molecule has 1 aliphatic rings. The number of aromatic nitrogens is 4. The molecule has 0 spiro atoms. The number of rotatable bonds is 4. The zero-order valence-electron chi connectivity index (χ0n) is 17.3. The molecule has 3 aromatic heterocycles. The molecular weight excluding hydrogens is 421 g/mol. The van der Waals surface area contributed by atoms with Gasteiger partial charge in [-0.15, -0.1) is 0 Å². The summed E-state index contributed by atoms with van der Waals surface area (Å²) in [4.78, 5) is 11.3. The first-order chi connectivity index (χ1) is 15.2. The number of nitrogens with one attached hydrogen (secondary N) is 1. The van der Waals surface area contributed by atoms with Gasteiger partial charge in [0.25, 0.3) is 0 Å². The fraction of sp³-hybridized carbons (Fsp3) is 0.318. The molecule has 1 aliphatic heterocycles. The van der Waals surface area contributed by atoms with Crippen LogP contribution in [0.3, 0.4) is 0 Å². The standard InChI is InChI=1S/C22H21F3N6O/c1-30-10-13-8-15(20(32)9-19(13)29-30)16-2-3-18-17(27-16)4-5-21(28-18)31-7-6-14(11-31)26-12-22(23,24)25/h2-5,8-10,14,26,32H,6-7,11-12H2,1H3/t14-/m0/s1. The van der Waals surface area contributed by atoms with Gasteiger partial charge in [-0.3, -0.25) is 4.68 Å². The van der Waals surface area contributed by atoms with E-state index in [-0.39, 0.29) is 11.8 Å². The van der Waals surface area contributed by atoms with Gasteiger partial charge in [-0.2, -0.15) is 18.3 Å². The Kier molecular flexibility index (Phi) is 4.89. The Hall–Kier alpha value is -3.40. The van der Waals surface area contributed by atoms with Gasteiger partial charge < -0.3 is 15.3 Å². The fourth-order valence-corrected chi connectivity index (χ4v) is 4.11. The van der Waals surface area contributed by atoms with Crippen LogP contribution in [-0.2, 0) is 7.05 Å². The summed E-state index contributed by atoms with van der Waals surface area (Å²) >= 11 is 0. The molecule has 5 rings (SSSR count). The zero-order chi connectivity index (χ0) is 22.5. The van der Waals surface area contributed by atoms with E-state index in [1.54, 1.807) is 16.8 Å². The summed E-state index contributed by atoms with van der Waals surface area (Å²) in [6, 6.07) is 10.6. The maximum Gasteiger partial charge on any atom is 0.401 e. The first-order valence-corrected chi connectivity index (χ1v) is 10.2. The second-order valence-corrected chi connectivity index (χ2v) is 8.06. The normalized spacial score (nSPS) is 17.0. The van der Waals surface area contributed by atoms with Crippen LogP contribution in [0.1, 0.15) is 6.42 Å². The van der Waals surface area contributed by atoms with Gasteiger partial charge in [-0.05, 0) is 36.8 Å². The molecule has 4 aromatic rings. The van der Waals surface area contributed by atoms with Crippen LogP contribution < -0.4 is 10.2 Å². The molecule has 0 saturated carbocycles. The van der Waals surface area contributed by atoms with Gasteiger partial charge in [-0.1, -0.05) is 0 Å². The van der Waals surface area contributed by atoms with Crippen molar-refractivity contribution in [3.05, 3.63) is 42.6 Å². The number of fused-ring (bicyclic) bond motifs is 2. The van der Waals surface area contributed by atoms with Gasteiger partial charge in [0.15, 0.2) is 0 Å². The quantitative estimate of drug-likeness (QED) is 0.503. The van der Waals surface area contributed by atoms with E-state index in [2.05, 4.69) is 20.4 Å². The molecule has 1 saturated heterocycles. The molecule has 0 amide bonds. The molecule has 7 nitrogen and oxygen atoms in total. The first kappa shape index (κ1) is 20.5. The maximum atomic E-state index is 12.4. The monoisotopic (exact) mass is 442 g/mol. The van der Waals surface area contributed by atoms with Crippen molar-refractivity contribution in [2.45, 2.75) is 18.6 Å². The number of pyridine rings is 2. The average Bonchev–Trinajstić information content (AvgIpc) is 3.36. The van der Waals surface area contributed by atoms with Crippen LogP contribution in [0.15, 0.2) is 42.6 Å². The number of nitrogens with zero attached hydrogens (tertiary/aromatic N) is 5. The highest BCUT2D eigenvalue weighted by molar-refractivity contribution is 5.88. The van der Waals surface area contributed by atoms with Crippen molar-refractivity contribution in [1.29, 1.82) is 0 Å². The van der Waals surface area contributed by atoms with Crippen molar-refractivity contribution in [1.82, 2.24) is 25.1 Å². The summed E-state index contributed by atoms with van der Waals surface area (Å²) in [5.74, 6) is 0.810. The van der Waals surface area contributed by atoms with Crippen molar-refractivity contribution in [3.8, 4) is 17.0 Å². The lowest BCUT2D eigenvalue weighted by Gasteiger charge is -2.19. The zero-order valence-corrected chi connectivity index (χ0v) is 17.3. The van der Waals surface area contributed by atoms with Crippen LogP contribution in [0.2, 0.25) is 0 Å². The summed E-state index contributed by atoms with van der Waals surface area (Å²) in [7, 11) is 1.82. The minimum absolute atomic E-state index is 0.0992. The van der Waals surface area contributed by atoms with E-state index in [0.717, 1.165) is 5.39 Å². The highest BCUT2D eigenvalue weighted by Gasteiger charge is 2.30. The Bertz CT molecular complexity index is 1300. The molecule has 0 bridgehead atoms. The topological polar surface area (TPSA) is 79.1 Å². The Balaban J connectivity index is 1.38. The molecule has 0 aliphatic carbocycles. The molecule has 1 aromatic carbocycles. The highest BCUT2D eigenvalue weighted by Crippen LogP contribution is 2.33. The van der Waals surface area contributed by atoms with E-state index in [1.165, 1.54) is 0 Å². The molecule has 32 heavy (non-hydrogen) atoms. The minimum atomic E-state index is -4.21. The maximum absolute atomic E-state index is 12.4. The number of benzene rings is 1. The Labute approximate surface area is 181 Å². The van der Waals surface area contributed by atoms with Crippen LogP contribution in [0.5, 0.6) is 5.75 Å². The third-order valence-electron chi connectivity index (χ3n) is 5.64. The Morgan fingerprint density at radius 2 is 1.88 bits per heavy atom. The first-order valence-electron chi connectivity index (χ1n) is 10.2. The van der Waals surface area contributed by atoms with Crippen LogP contribution in [0, 0.1) is 0 Å². The Morgan fingerprint density at radius 3 is 2.69 bits per heavy atom. The second kappa shape index (κ2) is 7.63. The van der Waals surface area contributed by atoms with Crippen molar-refractivity contribution < 1.29 is 18.3 Å². The third kappa shape index (κ3) is 4.05. The van der Waals surface area contributed by atoms with E-state index in [9.17, 15) is 18.3 Å². The number of hydrogen-bond acceptors (Lipinski definition) is 6. The van der Waals surface area contributed by atoms with Crippen molar-refractivity contribution in [3.63, 3.8) is 0 Å². The summed E-state index contributed by atoms with van der Waals surface area (Å²) in [6.07, 6.45) is -1.71. The lowest BCUT2D eigenvalue weighted by atomic mass is 10.1. The fourth-order valence-electron chi connectivity index (χ4n) is 4.11. The predicted octanol–water partition coefficient (Wildman–Crippen LogP) is 3.62. The number of phenolic OH excluding ortho intramolecular Hbond substituents is 1. The highest BCUT2D eigenvalue weighted by atomic mass is 19.4. The van der Waals surface area contributed by atoms with Crippen LogP contribution in [0.4, 0.5) is 19.0 Å². The molecule has 1 fully saturated rings. The van der Waals surface area contributed by atoms with Gasteiger partial charge >= 0.3 is 6.18 Å². The summed E-state index contributed by atoms with van der Waals surface area (Å²) < 4.78 is 39.0. The molecule has 1 atom stereocenters. The molecule has 0 unspecified atom stereocenters. The number of halogens is 3. The van der Waals surface area contributed by atoms with Crippen molar-refractivity contribution in [2.75, 3.05) is 24.5 Å². The van der Waals surface area contributed by atoms with E-state index in [4.69, 9.17) is 0 Å². The van der Waals surface area contributed by atoms with Gasteiger partial charge in [0, 0.05) is 49.4 Å². The summed E-state index contributed by atoms with van der Waals surface area (Å²) in [5.41, 5.74) is 3.28. The molecule has 4 heterocycles. The molecule has 10 heteroatoms. The van der Waals surface area contributed by atoms with Crippen molar-refractivity contribution in [2.24, 2.45) is 7.05 Å². The number of aromatic hydroxyl groups is 1. The SMILES string of the molecule is Cn1cc2cc(-c3ccc4nc(N5CC[C@H](NCC(F)(F)F)C5)ccc4n3)c(O)cc2n1. The molecular formula is C22H21F3N6O. The van der Waals surface area contributed by atoms with Crippen LogP contribution in [-0.4, -0.2) is 56.7 Å². The van der Waals surface area contributed by atoms with Crippen LogP contribution >= 0.6 is 0 Å². The van der Waals surface area contributed by atoms with Gasteiger partial charge in [0.05, 0.1) is 28.8 Å².